The highest BCUT2D eigenvalue weighted by molar-refractivity contribution is 7.47. The monoisotopic (exact) mass is 546 g/mol. The number of aliphatic hydroxyl groups is 4. The van der Waals surface area contributed by atoms with Crippen LogP contribution in [-0.4, -0.2) is 140 Å². The number of aliphatic hydroxyl groups excluding tert-OH is 4. The van der Waals surface area contributed by atoms with E-state index in [4.69, 9.17) is 32.3 Å². The van der Waals surface area contributed by atoms with E-state index in [2.05, 4.69) is 0 Å². The average Bonchev–Trinajstić information content (AvgIpc) is 3.34. The standard InChI is InChI=1S/C15H31B3O15P2/c16-9-1-5(6(2-19)29-9)32-34(23,24)28-4-8-13(12(22)15(18)31-8)33-35(25,26)27-3-7-10(20)11(21)14(17)30-7/h5-15,19-22H,1-4,16-18H2,(H,23,24)(H,25,26)/t5?,6-,7-,8-,9-,10?,11?,12?,13?,14-,15-/m1/s1. The van der Waals surface area contributed by atoms with Gasteiger partial charge in [-0.05, 0) is 6.42 Å². The molecule has 3 rings (SSSR count). The Morgan fingerprint density at radius 3 is 1.89 bits per heavy atom. The van der Waals surface area contributed by atoms with E-state index in [1.165, 1.54) is 15.7 Å². The third kappa shape index (κ3) is 7.59. The zero-order valence-corrected chi connectivity index (χ0v) is 21.2. The first-order chi connectivity index (χ1) is 16.2. The third-order valence-corrected chi connectivity index (χ3v) is 8.07. The normalized spacial score (nSPS) is 45.4. The van der Waals surface area contributed by atoms with E-state index in [0.717, 1.165) is 0 Å². The predicted octanol–water partition coefficient (Wildman–Crippen LogP) is -5.47. The molecule has 7 unspecified atom stereocenters. The van der Waals surface area contributed by atoms with E-state index < -0.39 is 96.3 Å². The van der Waals surface area contributed by atoms with Crippen LogP contribution in [0.5, 0.6) is 0 Å². The van der Waals surface area contributed by atoms with Gasteiger partial charge in [-0.15, -0.1) is 0 Å². The quantitative estimate of drug-likeness (QED) is 0.105. The summed E-state index contributed by atoms with van der Waals surface area (Å²) in [6.45, 7) is -1.67. The van der Waals surface area contributed by atoms with Crippen LogP contribution in [-0.2, 0) is 41.4 Å². The number of phosphoric acid groups is 2. The number of hydrogen-bond acceptors (Lipinski definition) is 13. The highest BCUT2D eigenvalue weighted by Gasteiger charge is 2.48. The van der Waals surface area contributed by atoms with Crippen LogP contribution < -0.4 is 0 Å². The van der Waals surface area contributed by atoms with Gasteiger partial charge in [0.25, 0.3) is 0 Å². The first kappa shape index (κ1) is 29.7. The van der Waals surface area contributed by atoms with Crippen molar-refractivity contribution < 1.29 is 71.6 Å². The molecule has 0 aromatic heterocycles. The SMILES string of the molecule is B[C@@H]1O[C@H](COP(=O)(O)OC2C(O)[C@H](B)O[C@@H]2COP(=O)(O)OC2C[C@H](B)O[C@@H]2CO)C(O)C1O. The van der Waals surface area contributed by atoms with Crippen molar-refractivity contribution in [2.24, 2.45) is 0 Å². The summed E-state index contributed by atoms with van der Waals surface area (Å²) in [5.41, 5.74) is 0. The molecule has 0 amide bonds. The van der Waals surface area contributed by atoms with Gasteiger partial charge in [-0.1, -0.05) is 0 Å². The summed E-state index contributed by atoms with van der Waals surface area (Å²) in [4.78, 5) is 20.2. The second-order valence-corrected chi connectivity index (χ2v) is 11.7. The fraction of sp³-hybridized carbons (Fsp3) is 1.00. The summed E-state index contributed by atoms with van der Waals surface area (Å²) in [6, 6.07) is -1.90. The van der Waals surface area contributed by atoms with Gasteiger partial charge < -0.3 is 44.4 Å². The second kappa shape index (κ2) is 11.9. The zero-order chi connectivity index (χ0) is 26.1. The Morgan fingerprint density at radius 1 is 0.771 bits per heavy atom. The third-order valence-electron chi connectivity index (χ3n) is 6.07. The number of hydrogen-bond donors (Lipinski definition) is 6. The molecule has 0 aromatic carbocycles. The molecule has 3 fully saturated rings. The second-order valence-electron chi connectivity index (χ2n) is 8.88. The Hall–Kier alpha value is 0.135. The molecule has 3 aliphatic heterocycles. The molecule has 35 heavy (non-hydrogen) atoms. The number of rotatable bonds is 11. The van der Waals surface area contributed by atoms with Crippen molar-refractivity contribution in [3.05, 3.63) is 0 Å². The van der Waals surface area contributed by atoms with Gasteiger partial charge in [-0.25, -0.2) is 9.13 Å². The highest BCUT2D eigenvalue weighted by Crippen LogP contribution is 2.50. The van der Waals surface area contributed by atoms with E-state index in [1.807, 2.05) is 0 Å². The molecule has 13 atom stereocenters. The van der Waals surface area contributed by atoms with Gasteiger partial charge in [0.05, 0.1) is 37.9 Å². The van der Waals surface area contributed by atoms with Crippen molar-refractivity contribution in [1.82, 2.24) is 0 Å². The maximum Gasteiger partial charge on any atom is 0.472 e. The van der Waals surface area contributed by atoms with Gasteiger partial charge in [0.1, 0.15) is 66.3 Å². The zero-order valence-electron chi connectivity index (χ0n) is 19.4. The van der Waals surface area contributed by atoms with Gasteiger partial charge in [-0.3, -0.25) is 18.1 Å². The average molecular weight is 546 g/mol. The van der Waals surface area contributed by atoms with Crippen molar-refractivity contribution in [3.63, 3.8) is 0 Å². The minimum absolute atomic E-state index is 0.251. The van der Waals surface area contributed by atoms with E-state index in [9.17, 15) is 39.3 Å². The highest BCUT2D eigenvalue weighted by atomic mass is 31.2. The van der Waals surface area contributed by atoms with Crippen LogP contribution in [0, 0.1) is 0 Å². The first-order valence-corrected chi connectivity index (χ1v) is 14.1. The first-order valence-electron chi connectivity index (χ1n) is 11.2. The summed E-state index contributed by atoms with van der Waals surface area (Å²) >= 11 is 0. The maximum atomic E-state index is 12.5. The Balaban J connectivity index is 1.55. The van der Waals surface area contributed by atoms with Gasteiger partial charge >= 0.3 is 15.6 Å². The molecule has 20 heteroatoms. The summed E-state index contributed by atoms with van der Waals surface area (Å²) in [5.74, 6) is 0. The molecule has 0 aromatic rings. The molecule has 3 aliphatic rings. The summed E-state index contributed by atoms with van der Waals surface area (Å²) in [5, 5.41) is 39.3. The van der Waals surface area contributed by atoms with E-state index in [-0.39, 0.29) is 12.4 Å². The van der Waals surface area contributed by atoms with Gasteiger partial charge in [-0.2, -0.15) is 0 Å². The minimum Gasteiger partial charge on any atom is -0.394 e. The molecule has 0 saturated carbocycles. The van der Waals surface area contributed by atoms with Gasteiger partial charge in [0.2, 0.25) is 0 Å². The number of phosphoric ester groups is 2. The van der Waals surface area contributed by atoms with Crippen LogP contribution in [0.2, 0.25) is 0 Å². The molecule has 0 radical (unpaired) electrons. The van der Waals surface area contributed by atoms with Crippen molar-refractivity contribution in [1.29, 1.82) is 0 Å². The molecule has 15 nitrogen and oxygen atoms in total. The minimum atomic E-state index is -4.84. The van der Waals surface area contributed by atoms with Crippen molar-refractivity contribution in [2.45, 2.75) is 73.3 Å². The lowest BCUT2D eigenvalue weighted by atomic mass is 9.93. The fourth-order valence-electron chi connectivity index (χ4n) is 4.17. The smallest absolute Gasteiger partial charge is 0.394 e. The molecular weight excluding hydrogens is 515 g/mol. The topological polar surface area (TPSA) is 220 Å². The lowest BCUT2D eigenvalue weighted by molar-refractivity contribution is -0.0370. The molecule has 0 aliphatic carbocycles. The van der Waals surface area contributed by atoms with Crippen LogP contribution in [0.4, 0.5) is 0 Å². The lowest BCUT2D eigenvalue weighted by Crippen LogP contribution is -2.37. The van der Waals surface area contributed by atoms with Crippen LogP contribution in [0.25, 0.3) is 0 Å². The molecule has 200 valence electrons. The Kier molecular flexibility index (Phi) is 10.1. The molecule has 3 heterocycles. The Bertz CT molecular complexity index is 812. The summed E-state index contributed by atoms with van der Waals surface area (Å²) in [6.07, 6.45) is -9.23. The van der Waals surface area contributed by atoms with Gasteiger partial charge in [0, 0.05) is 6.00 Å². The van der Waals surface area contributed by atoms with Crippen LogP contribution in [0.15, 0.2) is 0 Å². The van der Waals surface area contributed by atoms with Crippen molar-refractivity contribution in [3.8, 4) is 0 Å². The fourth-order valence-corrected chi connectivity index (χ4v) is 6.09. The molecule has 0 spiro atoms. The molecular formula is C15H31B3O15P2. The van der Waals surface area contributed by atoms with Crippen LogP contribution in [0.3, 0.4) is 0 Å². The molecule has 6 N–H and O–H groups in total. The van der Waals surface area contributed by atoms with Crippen molar-refractivity contribution >= 4 is 39.2 Å². The Labute approximate surface area is 204 Å². The maximum absolute atomic E-state index is 12.5. The lowest BCUT2D eigenvalue weighted by Gasteiger charge is -2.25. The molecule has 0 bridgehead atoms. The van der Waals surface area contributed by atoms with Crippen LogP contribution in [0.1, 0.15) is 6.42 Å². The predicted molar refractivity (Wildman–Crippen MR) is 123 cm³/mol. The summed E-state index contributed by atoms with van der Waals surface area (Å²) in [7, 11) is -4.84. The van der Waals surface area contributed by atoms with E-state index in [1.54, 1.807) is 7.85 Å². The Morgan fingerprint density at radius 2 is 1.31 bits per heavy atom. The summed E-state index contributed by atoms with van der Waals surface area (Å²) < 4.78 is 60.9. The van der Waals surface area contributed by atoms with Crippen molar-refractivity contribution in [2.75, 3.05) is 19.8 Å². The molecule has 3 saturated heterocycles. The largest absolute Gasteiger partial charge is 0.472 e. The van der Waals surface area contributed by atoms with E-state index >= 15 is 0 Å². The van der Waals surface area contributed by atoms with Gasteiger partial charge in [0.15, 0.2) is 0 Å². The van der Waals surface area contributed by atoms with E-state index in [0.29, 0.717) is 0 Å². The van der Waals surface area contributed by atoms with Crippen LogP contribution >= 0.6 is 15.6 Å². The number of ether oxygens (including phenoxy) is 3.